The standard InChI is InChI=1S/C44H38FN/c1-5-30(3)44(35-20-11-8-12-21-35)31(4)38(6-2)43-40(44)28-36(45)29-42(43)46(41-23-15-19-34-18-13-14-22-39(34)41)37-26-24-33(25-27-37)32-16-9-7-10-17-32/h5,7-29,38H,4,6H2,1-3H3/b30-5+. The van der Waals surface area contributed by atoms with Crippen molar-refractivity contribution in [1.82, 2.24) is 0 Å². The van der Waals surface area contributed by atoms with Crippen molar-refractivity contribution in [1.29, 1.82) is 0 Å². The highest BCUT2D eigenvalue weighted by Gasteiger charge is 2.50. The first kappa shape index (κ1) is 29.5. The van der Waals surface area contributed by atoms with Gasteiger partial charge in [0.1, 0.15) is 5.82 Å². The van der Waals surface area contributed by atoms with Crippen molar-refractivity contribution in [2.45, 2.75) is 38.5 Å². The molecule has 0 aliphatic heterocycles. The Balaban J connectivity index is 1.55. The van der Waals surface area contributed by atoms with Crippen LogP contribution in [0.1, 0.15) is 49.8 Å². The molecule has 6 aromatic rings. The maximum absolute atomic E-state index is 16.3. The average molecular weight is 600 g/mol. The molecule has 2 heteroatoms. The maximum atomic E-state index is 16.3. The number of halogens is 1. The van der Waals surface area contributed by atoms with Gasteiger partial charge in [0.2, 0.25) is 0 Å². The summed E-state index contributed by atoms with van der Waals surface area (Å²) >= 11 is 0. The van der Waals surface area contributed by atoms with Gasteiger partial charge in [0.25, 0.3) is 0 Å². The van der Waals surface area contributed by atoms with Gasteiger partial charge in [-0.15, -0.1) is 0 Å². The van der Waals surface area contributed by atoms with Crippen LogP contribution in [0.15, 0.2) is 163 Å². The molecule has 0 heterocycles. The number of hydrogen-bond donors (Lipinski definition) is 0. The van der Waals surface area contributed by atoms with Crippen LogP contribution in [0.5, 0.6) is 0 Å². The highest BCUT2D eigenvalue weighted by Crippen LogP contribution is 2.61. The molecule has 7 rings (SSSR count). The van der Waals surface area contributed by atoms with Crippen molar-refractivity contribution in [2.24, 2.45) is 0 Å². The fourth-order valence-electron chi connectivity index (χ4n) is 7.71. The van der Waals surface area contributed by atoms with E-state index in [1.165, 1.54) is 0 Å². The summed E-state index contributed by atoms with van der Waals surface area (Å²) in [6, 6.07) is 47.9. The largest absolute Gasteiger partial charge is 0.309 e. The lowest BCUT2D eigenvalue weighted by molar-refractivity contribution is 0.620. The molecule has 1 aliphatic carbocycles. The van der Waals surface area contributed by atoms with Gasteiger partial charge in [-0.1, -0.05) is 140 Å². The molecule has 1 aliphatic rings. The third-order valence-corrected chi connectivity index (χ3v) is 9.90. The predicted octanol–water partition coefficient (Wildman–Crippen LogP) is 12.4. The molecule has 1 nitrogen and oxygen atoms in total. The Bertz CT molecular complexity index is 2070. The molecule has 0 fully saturated rings. The van der Waals surface area contributed by atoms with Crippen LogP contribution in [0.4, 0.5) is 21.5 Å². The van der Waals surface area contributed by atoms with E-state index in [-0.39, 0.29) is 11.7 Å². The second-order valence-corrected chi connectivity index (χ2v) is 12.2. The topological polar surface area (TPSA) is 3.24 Å². The Morgan fingerprint density at radius 2 is 1.39 bits per heavy atom. The molecule has 0 saturated heterocycles. The quantitative estimate of drug-likeness (QED) is 0.165. The minimum atomic E-state index is -0.634. The van der Waals surface area contributed by atoms with Gasteiger partial charge in [0.05, 0.1) is 16.8 Å². The second-order valence-electron chi connectivity index (χ2n) is 12.2. The van der Waals surface area contributed by atoms with Crippen molar-refractivity contribution in [3.05, 3.63) is 186 Å². The Morgan fingerprint density at radius 3 is 2.09 bits per heavy atom. The van der Waals surface area contributed by atoms with Gasteiger partial charge in [0.15, 0.2) is 0 Å². The van der Waals surface area contributed by atoms with Crippen LogP contribution in [-0.2, 0) is 5.41 Å². The summed E-state index contributed by atoms with van der Waals surface area (Å²) in [6.45, 7) is 11.3. The summed E-state index contributed by atoms with van der Waals surface area (Å²) in [7, 11) is 0. The van der Waals surface area contributed by atoms with Crippen molar-refractivity contribution < 1.29 is 4.39 Å². The maximum Gasteiger partial charge on any atom is 0.125 e. The summed E-state index contributed by atoms with van der Waals surface area (Å²) in [5.41, 5.74) is 9.99. The molecule has 0 spiro atoms. The normalized spacial score (nSPS) is 17.7. The zero-order valence-corrected chi connectivity index (χ0v) is 26.7. The first-order chi connectivity index (χ1) is 22.5. The molecule has 46 heavy (non-hydrogen) atoms. The Hall–Kier alpha value is -5.21. The molecule has 0 aromatic heterocycles. The summed E-state index contributed by atoms with van der Waals surface area (Å²) in [4.78, 5) is 2.26. The lowest BCUT2D eigenvalue weighted by Crippen LogP contribution is -2.29. The van der Waals surface area contributed by atoms with E-state index in [2.05, 4.69) is 147 Å². The molecule has 226 valence electrons. The number of rotatable bonds is 7. The van der Waals surface area contributed by atoms with Gasteiger partial charge >= 0.3 is 0 Å². The van der Waals surface area contributed by atoms with Crippen LogP contribution in [0.25, 0.3) is 21.9 Å². The van der Waals surface area contributed by atoms with Crippen molar-refractivity contribution in [3.63, 3.8) is 0 Å². The van der Waals surface area contributed by atoms with Gasteiger partial charge in [-0.05, 0) is 83.8 Å². The predicted molar refractivity (Wildman–Crippen MR) is 193 cm³/mol. The van der Waals surface area contributed by atoms with Crippen LogP contribution in [-0.4, -0.2) is 0 Å². The van der Waals surface area contributed by atoms with E-state index in [0.717, 1.165) is 73.2 Å². The fraction of sp³-hybridized carbons (Fsp3) is 0.136. The number of anilines is 3. The van der Waals surface area contributed by atoms with Crippen LogP contribution in [0, 0.1) is 5.82 Å². The molecule has 0 radical (unpaired) electrons. The molecule has 0 bridgehead atoms. The lowest BCUT2D eigenvalue weighted by Gasteiger charge is -2.35. The molecule has 6 aromatic carbocycles. The van der Waals surface area contributed by atoms with Crippen LogP contribution in [0.3, 0.4) is 0 Å². The summed E-state index contributed by atoms with van der Waals surface area (Å²) < 4.78 is 16.3. The Morgan fingerprint density at radius 1 is 0.761 bits per heavy atom. The van der Waals surface area contributed by atoms with Gasteiger partial charge in [-0.25, -0.2) is 4.39 Å². The SMILES string of the molecule is C=C1C(CC)c2c(N(c3ccc(-c4ccccc4)cc3)c3cccc4ccccc34)cc(F)cc2C1(/C(C)=C/C)c1ccccc1. The zero-order chi connectivity index (χ0) is 31.8. The number of allylic oxidation sites excluding steroid dienone is 3. The van der Waals surface area contributed by atoms with Gasteiger partial charge in [0, 0.05) is 17.0 Å². The van der Waals surface area contributed by atoms with E-state index in [1.54, 1.807) is 12.1 Å². The van der Waals surface area contributed by atoms with E-state index in [0.29, 0.717) is 0 Å². The smallest absolute Gasteiger partial charge is 0.125 e. The summed E-state index contributed by atoms with van der Waals surface area (Å²) in [5, 5.41) is 2.25. The van der Waals surface area contributed by atoms with Crippen molar-refractivity contribution >= 4 is 27.8 Å². The molecule has 0 N–H and O–H groups in total. The van der Waals surface area contributed by atoms with E-state index in [4.69, 9.17) is 6.58 Å². The minimum Gasteiger partial charge on any atom is -0.309 e. The third kappa shape index (κ3) is 4.60. The first-order valence-electron chi connectivity index (χ1n) is 16.1. The molecule has 0 amide bonds. The van der Waals surface area contributed by atoms with Crippen LogP contribution in [0.2, 0.25) is 0 Å². The first-order valence-corrected chi connectivity index (χ1v) is 16.1. The fourth-order valence-corrected chi connectivity index (χ4v) is 7.71. The number of nitrogens with zero attached hydrogens (tertiary/aromatic N) is 1. The molecule has 0 saturated carbocycles. The third-order valence-electron chi connectivity index (χ3n) is 9.90. The number of hydrogen-bond acceptors (Lipinski definition) is 1. The monoisotopic (exact) mass is 599 g/mol. The summed E-state index contributed by atoms with van der Waals surface area (Å²) in [6.07, 6.45) is 3.02. The van der Waals surface area contributed by atoms with Crippen molar-refractivity contribution in [2.75, 3.05) is 4.90 Å². The number of benzene rings is 6. The highest BCUT2D eigenvalue weighted by atomic mass is 19.1. The lowest BCUT2D eigenvalue weighted by atomic mass is 9.67. The van der Waals surface area contributed by atoms with E-state index >= 15 is 4.39 Å². The molecule has 2 atom stereocenters. The van der Waals surface area contributed by atoms with Gasteiger partial charge < -0.3 is 4.90 Å². The van der Waals surface area contributed by atoms with Gasteiger partial charge in [-0.2, -0.15) is 0 Å². The van der Waals surface area contributed by atoms with Crippen molar-refractivity contribution in [3.8, 4) is 11.1 Å². The highest BCUT2D eigenvalue weighted by molar-refractivity contribution is 6.00. The molecular weight excluding hydrogens is 561 g/mol. The van der Waals surface area contributed by atoms with Gasteiger partial charge in [-0.3, -0.25) is 0 Å². The Kier molecular flexibility index (Phi) is 7.66. The molecule has 2 unspecified atom stereocenters. The minimum absolute atomic E-state index is 0.0294. The average Bonchev–Trinajstić information content (AvgIpc) is 3.36. The molecular formula is C44H38FN. The second kappa shape index (κ2) is 11.9. The van der Waals surface area contributed by atoms with E-state index < -0.39 is 5.41 Å². The zero-order valence-electron chi connectivity index (χ0n) is 26.7. The summed E-state index contributed by atoms with van der Waals surface area (Å²) in [5.74, 6) is -0.226. The van der Waals surface area contributed by atoms with E-state index in [9.17, 15) is 0 Å². The van der Waals surface area contributed by atoms with Crippen LogP contribution < -0.4 is 4.90 Å². The number of fused-ring (bicyclic) bond motifs is 2. The van der Waals surface area contributed by atoms with E-state index in [1.807, 2.05) is 12.1 Å². The Labute approximate surface area is 272 Å². The van der Waals surface area contributed by atoms with Crippen LogP contribution >= 0.6 is 0 Å².